The van der Waals surface area contributed by atoms with Gasteiger partial charge in [0.25, 0.3) is 5.69 Å². The van der Waals surface area contributed by atoms with E-state index in [4.69, 9.17) is 5.11 Å². The Morgan fingerprint density at radius 2 is 2.00 bits per heavy atom. The lowest BCUT2D eigenvalue weighted by Crippen LogP contribution is -2.49. The lowest BCUT2D eigenvalue weighted by molar-refractivity contribution is -0.384. The zero-order valence-electron chi connectivity index (χ0n) is 11.0. The van der Waals surface area contributed by atoms with Crippen LogP contribution in [0.5, 0.6) is 0 Å². The highest BCUT2D eigenvalue weighted by Crippen LogP contribution is 2.13. The van der Waals surface area contributed by atoms with Crippen molar-refractivity contribution in [2.75, 3.05) is 6.54 Å². The van der Waals surface area contributed by atoms with Crippen molar-refractivity contribution in [3.05, 3.63) is 39.9 Å². The number of benzene rings is 1. The van der Waals surface area contributed by atoms with Gasteiger partial charge in [0.05, 0.1) is 4.92 Å². The highest BCUT2D eigenvalue weighted by Gasteiger charge is 2.29. The summed E-state index contributed by atoms with van der Waals surface area (Å²) in [6.07, 6.45) is 1.11. The third-order valence-electron chi connectivity index (χ3n) is 3.26. The van der Waals surface area contributed by atoms with Crippen molar-refractivity contribution in [2.45, 2.75) is 32.2 Å². The highest BCUT2D eigenvalue weighted by atomic mass is 16.6. The van der Waals surface area contributed by atoms with Crippen LogP contribution in [0.3, 0.4) is 0 Å². The number of non-ortho nitro benzene ring substituents is 1. The number of nitrogens with zero attached hydrogens (tertiary/aromatic N) is 1. The van der Waals surface area contributed by atoms with Crippen LogP contribution in [0.25, 0.3) is 0 Å². The third kappa shape index (κ3) is 4.03. The molecule has 0 aliphatic carbocycles. The quantitative estimate of drug-likeness (QED) is 0.581. The van der Waals surface area contributed by atoms with E-state index in [9.17, 15) is 14.9 Å². The summed E-state index contributed by atoms with van der Waals surface area (Å²) >= 11 is 0. The number of rotatable bonds is 7. The third-order valence-corrected chi connectivity index (χ3v) is 3.26. The zero-order chi connectivity index (χ0) is 14.5. The second-order valence-electron chi connectivity index (χ2n) is 4.59. The molecule has 6 heteroatoms. The van der Waals surface area contributed by atoms with Crippen molar-refractivity contribution < 1.29 is 14.8 Å². The second-order valence-corrected chi connectivity index (χ2v) is 4.59. The Balaban J connectivity index is 2.53. The molecule has 0 aromatic heterocycles. The average molecular weight is 266 g/mol. The molecular weight excluding hydrogens is 248 g/mol. The lowest BCUT2D eigenvalue weighted by Gasteiger charge is -2.24. The molecule has 6 nitrogen and oxygen atoms in total. The Morgan fingerprint density at radius 3 is 2.42 bits per heavy atom. The molecule has 0 fully saturated rings. The summed E-state index contributed by atoms with van der Waals surface area (Å²) in [7, 11) is 0. The molecule has 1 rings (SSSR count). The van der Waals surface area contributed by atoms with Gasteiger partial charge < -0.3 is 10.4 Å². The van der Waals surface area contributed by atoms with Crippen molar-refractivity contribution in [1.82, 2.24) is 5.32 Å². The minimum Gasteiger partial charge on any atom is -0.480 e. The van der Waals surface area contributed by atoms with Gasteiger partial charge in [-0.3, -0.25) is 14.9 Å². The largest absolute Gasteiger partial charge is 0.480 e. The molecule has 0 saturated heterocycles. The first-order chi connectivity index (χ1) is 8.89. The maximum absolute atomic E-state index is 11.1. The van der Waals surface area contributed by atoms with Crippen molar-refractivity contribution in [3.8, 4) is 0 Å². The molecule has 0 amide bonds. The van der Waals surface area contributed by atoms with Gasteiger partial charge in [-0.2, -0.15) is 0 Å². The van der Waals surface area contributed by atoms with Gasteiger partial charge in [0.1, 0.15) is 5.54 Å². The van der Waals surface area contributed by atoms with E-state index in [1.807, 2.05) is 6.92 Å². The van der Waals surface area contributed by atoms with Crippen LogP contribution in [0.15, 0.2) is 24.3 Å². The maximum atomic E-state index is 11.1. The molecule has 19 heavy (non-hydrogen) atoms. The Labute approximate surface area is 111 Å². The fourth-order valence-corrected chi connectivity index (χ4v) is 1.62. The van der Waals surface area contributed by atoms with E-state index in [0.29, 0.717) is 19.4 Å². The summed E-state index contributed by atoms with van der Waals surface area (Å²) in [5.74, 6) is -0.876. The fourth-order valence-electron chi connectivity index (χ4n) is 1.62. The molecule has 0 saturated carbocycles. The smallest absolute Gasteiger partial charge is 0.323 e. The number of carboxylic acid groups (broad SMARTS) is 1. The van der Waals surface area contributed by atoms with Crippen LogP contribution >= 0.6 is 0 Å². The SMILES string of the molecule is CCC(C)(NCCc1ccc([N+](=O)[O-])cc1)C(=O)O. The van der Waals surface area contributed by atoms with Crippen molar-refractivity contribution in [1.29, 1.82) is 0 Å². The van der Waals surface area contributed by atoms with Crippen LogP contribution in [0.4, 0.5) is 5.69 Å². The number of hydrogen-bond donors (Lipinski definition) is 2. The van der Waals surface area contributed by atoms with Crippen molar-refractivity contribution >= 4 is 11.7 Å². The molecule has 0 aliphatic heterocycles. The van der Waals surface area contributed by atoms with E-state index < -0.39 is 16.4 Å². The van der Waals surface area contributed by atoms with Gasteiger partial charge in [-0.25, -0.2) is 0 Å². The van der Waals surface area contributed by atoms with Crippen LogP contribution in [0.1, 0.15) is 25.8 Å². The fraction of sp³-hybridized carbons (Fsp3) is 0.462. The highest BCUT2D eigenvalue weighted by molar-refractivity contribution is 5.78. The molecule has 0 aliphatic rings. The number of hydrogen-bond acceptors (Lipinski definition) is 4. The summed E-state index contributed by atoms with van der Waals surface area (Å²) < 4.78 is 0. The van der Waals surface area contributed by atoms with Crippen LogP contribution in [0, 0.1) is 10.1 Å². The lowest BCUT2D eigenvalue weighted by atomic mass is 9.99. The zero-order valence-corrected chi connectivity index (χ0v) is 11.0. The molecule has 1 unspecified atom stereocenters. The van der Waals surface area contributed by atoms with E-state index in [1.165, 1.54) is 12.1 Å². The van der Waals surface area contributed by atoms with Gasteiger partial charge in [0.2, 0.25) is 0 Å². The van der Waals surface area contributed by atoms with E-state index >= 15 is 0 Å². The predicted octanol–water partition coefficient (Wildman–Crippen LogP) is 1.98. The van der Waals surface area contributed by atoms with Gasteiger partial charge in [-0.1, -0.05) is 19.1 Å². The first kappa shape index (κ1) is 15.1. The molecule has 0 bridgehead atoms. The number of aliphatic carboxylic acids is 1. The first-order valence-corrected chi connectivity index (χ1v) is 6.11. The topological polar surface area (TPSA) is 92.5 Å². The van der Waals surface area contributed by atoms with E-state index in [0.717, 1.165) is 5.56 Å². The van der Waals surface area contributed by atoms with Gasteiger partial charge in [-0.05, 0) is 25.3 Å². The standard InChI is InChI=1S/C13H18N2O4/c1-3-13(2,12(16)17)14-9-8-10-4-6-11(7-5-10)15(18)19/h4-7,14H,3,8-9H2,1-2H3,(H,16,17). The summed E-state index contributed by atoms with van der Waals surface area (Å²) in [6.45, 7) is 3.96. The van der Waals surface area contributed by atoms with Gasteiger partial charge in [0, 0.05) is 18.7 Å². The molecule has 0 radical (unpaired) electrons. The van der Waals surface area contributed by atoms with Gasteiger partial charge >= 0.3 is 5.97 Å². The monoisotopic (exact) mass is 266 g/mol. The minimum absolute atomic E-state index is 0.0561. The number of nitrogens with one attached hydrogen (secondary N) is 1. The number of carboxylic acids is 1. The average Bonchev–Trinajstić information content (AvgIpc) is 2.38. The molecule has 1 aromatic carbocycles. The number of carbonyl (C=O) groups is 1. The molecule has 104 valence electrons. The van der Waals surface area contributed by atoms with Crippen LogP contribution < -0.4 is 5.32 Å². The molecule has 0 heterocycles. The Kier molecular flexibility index (Phi) is 5.00. The number of nitro benzene ring substituents is 1. The molecule has 2 N–H and O–H groups in total. The minimum atomic E-state index is -0.930. The van der Waals surface area contributed by atoms with E-state index in [1.54, 1.807) is 19.1 Å². The maximum Gasteiger partial charge on any atom is 0.323 e. The molecule has 0 spiro atoms. The summed E-state index contributed by atoms with van der Waals surface area (Å²) in [5, 5.41) is 22.6. The van der Waals surface area contributed by atoms with Gasteiger partial charge in [0.15, 0.2) is 0 Å². The van der Waals surface area contributed by atoms with E-state index in [-0.39, 0.29) is 5.69 Å². The Hall–Kier alpha value is -1.95. The predicted molar refractivity (Wildman–Crippen MR) is 71.1 cm³/mol. The summed E-state index contributed by atoms with van der Waals surface area (Å²) in [4.78, 5) is 21.1. The summed E-state index contributed by atoms with van der Waals surface area (Å²) in [5.41, 5.74) is 0.0587. The van der Waals surface area contributed by atoms with Gasteiger partial charge in [-0.15, -0.1) is 0 Å². The second kappa shape index (κ2) is 6.29. The van der Waals surface area contributed by atoms with Crippen LogP contribution in [-0.4, -0.2) is 28.1 Å². The van der Waals surface area contributed by atoms with Crippen molar-refractivity contribution in [3.63, 3.8) is 0 Å². The Morgan fingerprint density at radius 1 is 1.42 bits per heavy atom. The Bertz CT molecular complexity index is 458. The number of nitro groups is 1. The molecule has 1 aromatic rings. The van der Waals surface area contributed by atoms with Crippen LogP contribution in [0.2, 0.25) is 0 Å². The normalized spacial score (nSPS) is 13.8. The molecular formula is C13H18N2O4. The molecule has 1 atom stereocenters. The van der Waals surface area contributed by atoms with E-state index in [2.05, 4.69) is 5.32 Å². The first-order valence-electron chi connectivity index (χ1n) is 6.11. The summed E-state index contributed by atoms with van der Waals surface area (Å²) in [6, 6.07) is 6.27. The van der Waals surface area contributed by atoms with Crippen molar-refractivity contribution in [2.24, 2.45) is 0 Å². The van der Waals surface area contributed by atoms with Crippen LogP contribution in [-0.2, 0) is 11.2 Å².